The molecule has 34 heavy (non-hydrogen) atoms. The third-order valence-corrected chi connectivity index (χ3v) is 6.49. The van der Waals surface area contributed by atoms with Crippen molar-refractivity contribution >= 4 is 66.2 Å². The van der Waals surface area contributed by atoms with Gasteiger partial charge in [0.2, 0.25) is 0 Å². The minimum Gasteiger partial charge on any atom is -0.309 e. The predicted octanol–water partition coefficient (Wildman–Crippen LogP) is 9.18. The topological polar surface area (TPSA) is 9.86 Å². The smallest absolute Gasteiger partial charge is 0.0548 e. The molecule has 0 N–H and O–H groups in total. The van der Waals surface area contributed by atoms with Gasteiger partial charge in [0.05, 0.1) is 22.1 Å². The summed E-state index contributed by atoms with van der Waals surface area (Å²) in [4.78, 5) is 1.97. The van der Waals surface area contributed by atoms with E-state index in [0.29, 0.717) is 0 Å². The average molecular weight is 555 g/mol. The SMILES string of the molecule is CI.[2H][3H].c1ccc(-n2c3ccccc3c3cc4c(cc32)c2ccccc2n4-c2ccccc2)cc1. The minimum absolute atomic E-state index is 1.19. The summed E-state index contributed by atoms with van der Waals surface area (Å²) in [6.45, 7) is 0. The normalized spacial score (nSPS) is 11.5. The first kappa shape index (κ1) is 19.9. The molecule has 0 atom stereocenters. The zero-order chi connectivity index (χ0) is 25.1. The number of rotatable bonds is 2. The summed E-state index contributed by atoms with van der Waals surface area (Å²) >= 11 is 2.15. The number of fused-ring (bicyclic) bond motifs is 6. The summed E-state index contributed by atoms with van der Waals surface area (Å²) in [5, 5.41) is 5.10. The first-order chi connectivity index (χ1) is 17.9. The summed E-state index contributed by atoms with van der Waals surface area (Å²) in [5.74, 6) is 0. The molecule has 0 saturated carbocycles. The lowest BCUT2D eigenvalue weighted by Gasteiger charge is -2.09. The summed E-state index contributed by atoms with van der Waals surface area (Å²) in [6, 6.07) is 43.5. The molecule has 0 aliphatic heterocycles. The van der Waals surface area contributed by atoms with Gasteiger partial charge in [0.25, 0.3) is 0 Å². The van der Waals surface area contributed by atoms with Crippen LogP contribution in [-0.2, 0) is 0 Å². The van der Waals surface area contributed by atoms with E-state index < -0.39 is 0 Å². The second-order valence-corrected chi connectivity index (χ2v) is 8.26. The van der Waals surface area contributed by atoms with Crippen molar-refractivity contribution in [1.29, 1.82) is 0 Å². The number of halogens is 1. The van der Waals surface area contributed by atoms with Gasteiger partial charge in [-0.25, -0.2) is 0 Å². The van der Waals surface area contributed by atoms with Crippen LogP contribution in [0.3, 0.4) is 0 Å². The molecule has 2 nitrogen and oxygen atoms in total. The molecule has 0 aliphatic rings. The van der Waals surface area contributed by atoms with Crippen molar-refractivity contribution in [2.75, 3.05) is 4.93 Å². The number of alkyl halides is 1. The van der Waals surface area contributed by atoms with Crippen molar-refractivity contribution in [1.82, 2.24) is 9.13 Å². The largest absolute Gasteiger partial charge is 0.309 e. The Kier molecular flexibility index (Phi) is 5.05. The first-order valence-corrected chi connectivity index (χ1v) is 13.5. The monoisotopic (exact) mass is 555 g/mol. The molecule has 5 aromatic carbocycles. The third kappa shape index (κ3) is 3.15. The highest BCUT2D eigenvalue weighted by Gasteiger charge is 2.17. The van der Waals surface area contributed by atoms with Crippen LogP contribution in [0.1, 0.15) is 2.97 Å². The Balaban J connectivity index is 0.000000637. The maximum Gasteiger partial charge on any atom is 0.0548 e. The molecule has 0 amide bonds. The molecule has 0 spiro atoms. The summed E-state index contributed by atoms with van der Waals surface area (Å²) in [5.41, 5.74) is 7.31. The van der Waals surface area contributed by atoms with Crippen molar-refractivity contribution in [3.8, 4) is 11.4 Å². The lowest BCUT2D eigenvalue weighted by molar-refractivity contribution is 1.17. The Morgan fingerprint density at radius 2 is 0.824 bits per heavy atom. The van der Waals surface area contributed by atoms with E-state index in [9.17, 15) is 0 Å². The zero-order valence-corrected chi connectivity index (χ0v) is 21.0. The number of para-hydroxylation sites is 4. The highest BCUT2D eigenvalue weighted by molar-refractivity contribution is 14.1. The summed E-state index contributed by atoms with van der Waals surface area (Å²) in [7, 11) is 0. The molecule has 0 bridgehead atoms. The van der Waals surface area contributed by atoms with Crippen LogP contribution in [0.2, 0.25) is 0 Å². The third-order valence-electron chi connectivity index (χ3n) is 6.49. The van der Waals surface area contributed by atoms with E-state index in [2.05, 4.69) is 153 Å². The standard InChI is InChI=1S/C30H20N2.CH3I.H2/c1-3-11-21(12-4-1)31-27-17-9-7-15-23(27)25-20-30-26(19-29(25)31)24-16-8-10-18-28(24)32(30)22-13-5-2-6-14-22;1-2;/h1-20H;1H3;1H/i;;1+2D. The zero-order valence-electron chi connectivity index (χ0n) is 20.8. The van der Waals surface area contributed by atoms with Crippen molar-refractivity contribution in [2.24, 2.45) is 0 Å². The molecule has 7 rings (SSSR count). The Morgan fingerprint density at radius 3 is 1.24 bits per heavy atom. The van der Waals surface area contributed by atoms with E-state index in [1.807, 2.05) is 4.93 Å². The predicted molar refractivity (Wildman–Crippen MR) is 157 cm³/mol. The molecule has 7 aromatic rings. The van der Waals surface area contributed by atoms with E-state index >= 15 is 0 Å². The number of hydrogen-bond donors (Lipinski definition) is 0. The van der Waals surface area contributed by atoms with Gasteiger partial charge in [-0.05, 0) is 53.5 Å². The lowest BCUT2D eigenvalue weighted by atomic mass is 10.1. The molecule has 3 heteroatoms. The van der Waals surface area contributed by atoms with Crippen molar-refractivity contribution in [3.63, 3.8) is 0 Å². The molecule has 0 saturated heterocycles. The molecule has 0 fully saturated rings. The van der Waals surface area contributed by atoms with Crippen LogP contribution in [-0.4, -0.2) is 14.1 Å². The molecule has 2 aromatic heterocycles. The van der Waals surface area contributed by atoms with E-state index in [4.69, 9.17) is 2.97 Å². The highest BCUT2D eigenvalue weighted by Crippen LogP contribution is 2.39. The second kappa shape index (κ2) is 8.65. The maximum absolute atomic E-state index is 5.00. The van der Waals surface area contributed by atoms with Crippen molar-refractivity contribution < 1.29 is 2.97 Å². The van der Waals surface area contributed by atoms with Gasteiger partial charge in [0, 0.05) is 35.9 Å². The van der Waals surface area contributed by atoms with Gasteiger partial charge in [-0.1, -0.05) is 95.4 Å². The fraction of sp³-hybridized carbons (Fsp3) is 0.0323. The van der Waals surface area contributed by atoms with Crippen LogP contribution in [0.15, 0.2) is 121 Å². The van der Waals surface area contributed by atoms with Crippen LogP contribution in [0.5, 0.6) is 0 Å². The Morgan fingerprint density at radius 1 is 0.471 bits per heavy atom. The van der Waals surface area contributed by atoms with Crippen LogP contribution in [0, 0.1) is 0 Å². The fourth-order valence-electron chi connectivity index (χ4n) is 5.14. The van der Waals surface area contributed by atoms with Gasteiger partial charge >= 0.3 is 0 Å². The van der Waals surface area contributed by atoms with Crippen molar-refractivity contribution in [3.05, 3.63) is 121 Å². The molecule has 0 radical (unpaired) electrons. The summed E-state index contributed by atoms with van der Waals surface area (Å²) in [6.07, 6.45) is 0. The van der Waals surface area contributed by atoms with E-state index in [-0.39, 0.29) is 0 Å². The maximum atomic E-state index is 5.00. The molecular formula is C31H25IN2. The van der Waals surface area contributed by atoms with Crippen LogP contribution in [0.25, 0.3) is 55.0 Å². The van der Waals surface area contributed by atoms with E-state index in [1.54, 1.807) is 0 Å². The first-order valence-electron chi connectivity index (χ1n) is 12.4. The number of hydrogen-bond acceptors (Lipinski definition) is 0. The summed E-state index contributed by atoms with van der Waals surface area (Å²) < 4.78 is 14.8. The van der Waals surface area contributed by atoms with Gasteiger partial charge < -0.3 is 9.13 Å². The molecule has 0 unspecified atom stereocenters. The van der Waals surface area contributed by atoms with Gasteiger partial charge in [-0.3, -0.25) is 0 Å². The number of benzene rings is 5. The Bertz CT molecular complexity index is 1640. The number of aromatic nitrogens is 2. The molecule has 2 heterocycles. The molecular weight excluding hydrogens is 527 g/mol. The molecule has 0 aliphatic carbocycles. The average Bonchev–Trinajstić information content (AvgIpc) is 3.47. The van der Waals surface area contributed by atoms with Crippen molar-refractivity contribution in [2.45, 2.75) is 0 Å². The van der Waals surface area contributed by atoms with Gasteiger partial charge in [-0.15, -0.1) is 0 Å². The minimum atomic E-state index is 1.19. The molecule has 166 valence electrons. The second-order valence-electron chi connectivity index (χ2n) is 8.26. The fourth-order valence-corrected chi connectivity index (χ4v) is 5.14. The Labute approximate surface area is 215 Å². The van der Waals surface area contributed by atoms with E-state index in [1.165, 1.54) is 55.0 Å². The number of nitrogens with zero attached hydrogens (tertiary/aromatic N) is 2. The van der Waals surface area contributed by atoms with Gasteiger partial charge in [0.1, 0.15) is 0 Å². The van der Waals surface area contributed by atoms with Crippen LogP contribution in [0.4, 0.5) is 0 Å². The highest BCUT2D eigenvalue weighted by atomic mass is 127. The van der Waals surface area contributed by atoms with E-state index in [0.717, 1.165) is 0 Å². The van der Waals surface area contributed by atoms with Crippen LogP contribution >= 0.6 is 22.6 Å². The lowest BCUT2D eigenvalue weighted by Crippen LogP contribution is -1.94. The van der Waals surface area contributed by atoms with Crippen LogP contribution < -0.4 is 0 Å². The quantitative estimate of drug-likeness (QED) is 0.149. The van der Waals surface area contributed by atoms with Gasteiger partial charge in [-0.2, -0.15) is 0 Å². The van der Waals surface area contributed by atoms with Gasteiger partial charge in [0.15, 0.2) is 0 Å². The Hall–Kier alpha value is -3.57.